The summed E-state index contributed by atoms with van der Waals surface area (Å²) in [5, 5.41) is 1.88. The van der Waals surface area contributed by atoms with Crippen molar-refractivity contribution in [1.29, 1.82) is 0 Å². The van der Waals surface area contributed by atoms with Crippen molar-refractivity contribution in [2.45, 2.75) is 44.1 Å². The topological polar surface area (TPSA) is 61.8 Å². The Labute approximate surface area is 297 Å². The van der Waals surface area contributed by atoms with Crippen LogP contribution in [-0.2, 0) is 21.2 Å². The van der Waals surface area contributed by atoms with Gasteiger partial charge < -0.3 is 14.2 Å². The van der Waals surface area contributed by atoms with Crippen LogP contribution < -0.4 is 9.47 Å². The van der Waals surface area contributed by atoms with E-state index < -0.39 is 28.4 Å². The third-order valence-electron chi connectivity index (χ3n) is 11.3. The Morgan fingerprint density at radius 2 is 1.27 bits per heavy atom. The molecule has 51 heavy (non-hydrogen) atoms. The van der Waals surface area contributed by atoms with Crippen molar-refractivity contribution in [3.63, 3.8) is 0 Å². The number of hydrogen-bond acceptors (Lipinski definition) is 5. The molecular weight excluding hydrogens is 633 g/mol. The molecule has 6 aromatic carbocycles. The summed E-state index contributed by atoms with van der Waals surface area (Å²) < 4.78 is 18.3. The van der Waals surface area contributed by atoms with Crippen LogP contribution in [0.25, 0.3) is 28.0 Å². The van der Waals surface area contributed by atoms with Gasteiger partial charge in [-0.2, -0.15) is 0 Å². The number of ether oxygens (including phenoxy) is 3. The summed E-state index contributed by atoms with van der Waals surface area (Å²) in [6, 6.07) is 38.8. The largest absolute Gasteiger partial charge is 0.497 e. The van der Waals surface area contributed by atoms with Gasteiger partial charge >= 0.3 is 11.9 Å². The van der Waals surface area contributed by atoms with E-state index in [1.54, 1.807) is 7.11 Å². The van der Waals surface area contributed by atoms with Gasteiger partial charge in [-0.3, -0.25) is 0 Å². The fourth-order valence-corrected chi connectivity index (χ4v) is 8.68. The van der Waals surface area contributed by atoms with Crippen molar-refractivity contribution >= 4 is 28.8 Å². The Morgan fingerprint density at radius 1 is 0.667 bits per heavy atom. The molecule has 0 fully saturated rings. The third kappa shape index (κ3) is 4.21. The zero-order valence-electron chi connectivity index (χ0n) is 29.2. The Bertz CT molecular complexity index is 2470. The van der Waals surface area contributed by atoms with Gasteiger partial charge in [0.25, 0.3) is 0 Å². The molecule has 6 aromatic rings. The second kappa shape index (κ2) is 10.8. The van der Waals surface area contributed by atoms with Gasteiger partial charge in [0.15, 0.2) is 5.60 Å². The molecule has 1 unspecified atom stereocenters. The zero-order chi connectivity index (χ0) is 35.3. The van der Waals surface area contributed by atoms with Gasteiger partial charge in [-0.15, -0.1) is 0 Å². The number of benzene rings is 6. The maximum Gasteiger partial charge on any atom is 0.347 e. The van der Waals surface area contributed by atoms with Crippen LogP contribution in [0.4, 0.5) is 0 Å². The molecule has 5 heteroatoms. The number of rotatable bonds is 5. The van der Waals surface area contributed by atoms with Gasteiger partial charge in [0.1, 0.15) is 11.5 Å². The van der Waals surface area contributed by atoms with Crippen LogP contribution in [0.1, 0.15) is 87.4 Å². The van der Waals surface area contributed by atoms with E-state index in [1.165, 1.54) is 0 Å². The fourth-order valence-electron chi connectivity index (χ4n) is 8.68. The van der Waals surface area contributed by atoms with E-state index in [4.69, 9.17) is 14.2 Å². The van der Waals surface area contributed by atoms with E-state index in [9.17, 15) is 9.59 Å². The minimum Gasteiger partial charge on any atom is -0.497 e. The van der Waals surface area contributed by atoms with E-state index >= 15 is 0 Å². The summed E-state index contributed by atoms with van der Waals surface area (Å²) in [4.78, 5) is 27.5. The highest BCUT2D eigenvalue weighted by atomic mass is 16.6. The van der Waals surface area contributed by atoms with E-state index in [0.29, 0.717) is 11.1 Å². The first-order valence-electron chi connectivity index (χ1n) is 17.3. The predicted molar refractivity (Wildman–Crippen MR) is 200 cm³/mol. The lowest BCUT2D eigenvalue weighted by Gasteiger charge is -2.38. The molecule has 250 valence electrons. The quantitative estimate of drug-likeness (QED) is 0.135. The van der Waals surface area contributed by atoms with Crippen LogP contribution in [0.15, 0.2) is 121 Å². The molecule has 2 aliphatic heterocycles. The van der Waals surface area contributed by atoms with Crippen LogP contribution in [-0.4, -0.2) is 19.0 Å². The normalized spacial score (nSPS) is 18.1. The molecule has 1 atom stereocenters. The molecule has 0 saturated heterocycles. The summed E-state index contributed by atoms with van der Waals surface area (Å²) in [5.74, 6) is 0.342. The van der Waals surface area contributed by atoms with Crippen LogP contribution in [0.5, 0.6) is 11.5 Å². The average Bonchev–Trinajstić information content (AvgIpc) is 3.59. The number of esters is 2. The first-order chi connectivity index (χ1) is 24.6. The Hall–Kier alpha value is -5.94. The second-order valence-corrected chi connectivity index (χ2v) is 14.7. The summed E-state index contributed by atoms with van der Waals surface area (Å²) in [7, 11) is 1.66. The minimum absolute atomic E-state index is 0.353. The molecule has 2 heterocycles. The van der Waals surface area contributed by atoms with E-state index in [1.807, 2.05) is 60.7 Å². The molecule has 0 N–H and O–H groups in total. The smallest absolute Gasteiger partial charge is 0.347 e. The van der Waals surface area contributed by atoms with Crippen LogP contribution in [0.2, 0.25) is 0 Å². The number of carbonyl (C=O) groups is 2. The highest BCUT2D eigenvalue weighted by Crippen LogP contribution is 2.60. The molecule has 0 aromatic heterocycles. The molecule has 3 aliphatic rings. The van der Waals surface area contributed by atoms with Crippen molar-refractivity contribution in [2.24, 2.45) is 0 Å². The number of cyclic esters (lactones) is 2. The van der Waals surface area contributed by atoms with Gasteiger partial charge in [-0.05, 0) is 51.4 Å². The molecule has 9 rings (SSSR count). The molecule has 0 bridgehead atoms. The van der Waals surface area contributed by atoms with Crippen molar-refractivity contribution < 1.29 is 23.8 Å². The lowest BCUT2D eigenvalue weighted by molar-refractivity contribution is 0.0443. The molecule has 0 spiro atoms. The fraction of sp³-hybridized carbons (Fsp3) is 0.174. The van der Waals surface area contributed by atoms with Gasteiger partial charge in [-0.1, -0.05) is 137 Å². The highest BCUT2D eigenvalue weighted by Gasteiger charge is 2.50. The molecule has 0 saturated carbocycles. The van der Waals surface area contributed by atoms with E-state index in [-0.39, 0.29) is 0 Å². The first-order valence-corrected chi connectivity index (χ1v) is 17.3. The van der Waals surface area contributed by atoms with Gasteiger partial charge in [-0.25, -0.2) is 9.59 Å². The maximum absolute atomic E-state index is 13.9. The summed E-state index contributed by atoms with van der Waals surface area (Å²) >= 11 is 0. The number of hydrogen-bond donors (Lipinski definition) is 0. The molecule has 0 radical (unpaired) electrons. The molecule has 0 amide bonds. The van der Waals surface area contributed by atoms with Crippen LogP contribution >= 0.6 is 0 Å². The summed E-state index contributed by atoms with van der Waals surface area (Å²) in [6.07, 6.45) is 4.33. The van der Waals surface area contributed by atoms with E-state index in [2.05, 4.69) is 94.4 Å². The van der Waals surface area contributed by atoms with Gasteiger partial charge in [0.05, 0.1) is 18.2 Å². The number of fused-ring (bicyclic) bond motifs is 10. The lowest BCUT2D eigenvalue weighted by Crippen LogP contribution is -2.35. The number of methoxy groups -OCH3 is 1. The van der Waals surface area contributed by atoms with Crippen molar-refractivity contribution in [3.05, 3.63) is 171 Å². The Kier molecular flexibility index (Phi) is 6.57. The van der Waals surface area contributed by atoms with Gasteiger partial charge in [0.2, 0.25) is 0 Å². The summed E-state index contributed by atoms with van der Waals surface area (Å²) in [5.41, 5.74) is 7.15. The molecule has 5 nitrogen and oxygen atoms in total. The van der Waals surface area contributed by atoms with Gasteiger partial charge in [0, 0.05) is 38.5 Å². The second-order valence-electron chi connectivity index (χ2n) is 14.7. The zero-order valence-corrected chi connectivity index (χ0v) is 29.2. The standard InChI is InChI=1S/C46H36O5/c1-44(2,27-14-8-6-9-15-27)35-26-34-37(39-38(35)42(47)50-43(39)48)36-31-18-12-13-19-32(31)41-33(40(36)45(34,3)4)24-25-46(51-41,28-16-10-7-11-17-28)29-20-22-30(49-5)23-21-29/h6-26H,1-5H3. The monoisotopic (exact) mass is 668 g/mol. The number of carbonyl (C=O) groups excluding carboxylic acids is 2. The average molecular weight is 669 g/mol. The SMILES string of the molecule is COc1ccc(C2(c3ccccc3)C=Cc3c4c(c5ccccc5c3O2)-c2c(cc(C(C)(C)c3ccccc3)c3c2C(=O)OC3=O)C4(C)C)cc1. The molecule has 1 aliphatic carbocycles. The Balaban J connectivity index is 1.35. The summed E-state index contributed by atoms with van der Waals surface area (Å²) in [6.45, 7) is 8.62. The Morgan fingerprint density at radius 3 is 1.96 bits per heavy atom. The predicted octanol–water partition coefficient (Wildman–Crippen LogP) is 10.1. The van der Waals surface area contributed by atoms with Crippen molar-refractivity contribution in [1.82, 2.24) is 0 Å². The lowest BCUT2D eigenvalue weighted by atomic mass is 9.71. The minimum atomic E-state index is -0.919. The first kappa shape index (κ1) is 31.1. The van der Waals surface area contributed by atoms with E-state index in [0.717, 1.165) is 72.3 Å². The maximum atomic E-state index is 13.9. The van der Waals surface area contributed by atoms with Crippen molar-refractivity contribution in [3.8, 4) is 22.6 Å². The molecular formula is C46H36O5. The third-order valence-corrected chi connectivity index (χ3v) is 11.3. The van der Waals surface area contributed by atoms with Crippen LogP contribution in [0, 0.1) is 0 Å². The van der Waals surface area contributed by atoms with Crippen molar-refractivity contribution in [2.75, 3.05) is 7.11 Å². The highest BCUT2D eigenvalue weighted by molar-refractivity contribution is 6.22. The van der Waals surface area contributed by atoms with Crippen LogP contribution in [0.3, 0.4) is 0 Å².